The summed E-state index contributed by atoms with van der Waals surface area (Å²) in [6.45, 7) is 1.93. The van der Waals surface area contributed by atoms with E-state index in [0.717, 1.165) is 21.5 Å². The van der Waals surface area contributed by atoms with Gasteiger partial charge in [-0.25, -0.2) is 4.79 Å². The molecule has 7 nitrogen and oxygen atoms in total. The minimum atomic E-state index is -0.419. The highest BCUT2D eigenvalue weighted by molar-refractivity contribution is 7.20. The molecule has 0 radical (unpaired) electrons. The van der Waals surface area contributed by atoms with E-state index in [-0.39, 0.29) is 5.91 Å². The zero-order chi connectivity index (χ0) is 19.2. The third-order valence-corrected chi connectivity index (χ3v) is 5.54. The summed E-state index contributed by atoms with van der Waals surface area (Å²) in [6, 6.07) is 7.11. The number of hydrogen-bond acceptors (Lipinski definition) is 5. The zero-order valence-electron chi connectivity index (χ0n) is 15.2. The molecule has 0 aliphatic carbocycles. The molecule has 1 aromatic carbocycles. The summed E-state index contributed by atoms with van der Waals surface area (Å²) >= 11 is 1.13. The summed E-state index contributed by atoms with van der Waals surface area (Å²) in [5.41, 5.74) is 0.802. The molecule has 1 amide bonds. The van der Waals surface area contributed by atoms with Gasteiger partial charge in [0.15, 0.2) is 0 Å². The first kappa shape index (κ1) is 17.9. The average molecular weight is 373 g/mol. The van der Waals surface area contributed by atoms with E-state index in [1.165, 1.54) is 16.5 Å². The fourth-order valence-corrected chi connectivity index (χ4v) is 3.89. The van der Waals surface area contributed by atoms with Crippen molar-refractivity contribution in [2.24, 2.45) is 14.1 Å². The van der Waals surface area contributed by atoms with E-state index in [0.29, 0.717) is 26.5 Å². The van der Waals surface area contributed by atoms with Crippen molar-refractivity contribution < 1.29 is 9.53 Å². The Labute approximate surface area is 153 Å². The molecule has 2 heterocycles. The second-order valence-corrected chi connectivity index (χ2v) is 7.11. The minimum Gasteiger partial charge on any atom is -0.495 e. The van der Waals surface area contributed by atoms with E-state index in [1.54, 1.807) is 33.3 Å². The van der Waals surface area contributed by atoms with E-state index in [9.17, 15) is 14.4 Å². The number of carbonyl (C=O) groups is 1. The fraction of sp³-hybridized carbons (Fsp3) is 0.278. The molecule has 0 saturated carbocycles. The highest BCUT2D eigenvalue weighted by Gasteiger charge is 2.22. The van der Waals surface area contributed by atoms with Crippen LogP contribution in [0.2, 0.25) is 0 Å². The van der Waals surface area contributed by atoms with Crippen LogP contribution in [-0.2, 0) is 14.1 Å². The van der Waals surface area contributed by atoms with Crippen LogP contribution in [0.3, 0.4) is 0 Å². The number of benzene rings is 1. The smallest absolute Gasteiger partial charge is 0.331 e. The first-order valence-electron chi connectivity index (χ1n) is 7.88. The number of anilines is 1. The van der Waals surface area contributed by atoms with Crippen LogP contribution in [0.1, 0.15) is 15.2 Å². The average Bonchev–Trinajstić information content (AvgIpc) is 3.09. The van der Waals surface area contributed by atoms with Crippen LogP contribution < -0.4 is 20.9 Å². The second kappa shape index (κ2) is 6.45. The van der Waals surface area contributed by atoms with Crippen molar-refractivity contribution in [1.82, 2.24) is 9.13 Å². The summed E-state index contributed by atoms with van der Waals surface area (Å²) < 4.78 is 7.77. The molecule has 0 unspecified atom stereocenters. The molecule has 0 aliphatic rings. The Kier molecular flexibility index (Phi) is 4.45. The third-order valence-electron chi connectivity index (χ3n) is 4.34. The van der Waals surface area contributed by atoms with Gasteiger partial charge in [0.1, 0.15) is 10.6 Å². The molecule has 0 N–H and O–H groups in total. The highest BCUT2D eigenvalue weighted by atomic mass is 32.1. The van der Waals surface area contributed by atoms with E-state index < -0.39 is 11.2 Å². The van der Waals surface area contributed by atoms with Gasteiger partial charge in [-0.2, -0.15) is 0 Å². The predicted molar refractivity (Wildman–Crippen MR) is 103 cm³/mol. The van der Waals surface area contributed by atoms with Gasteiger partial charge >= 0.3 is 5.69 Å². The molecule has 136 valence electrons. The summed E-state index contributed by atoms with van der Waals surface area (Å²) in [5.74, 6) is 0.306. The van der Waals surface area contributed by atoms with Gasteiger partial charge in [0.2, 0.25) is 0 Å². The minimum absolute atomic E-state index is 0.274. The maximum atomic E-state index is 13.0. The van der Waals surface area contributed by atoms with Gasteiger partial charge in [0.25, 0.3) is 11.5 Å². The van der Waals surface area contributed by atoms with Crippen LogP contribution in [0.5, 0.6) is 5.75 Å². The van der Waals surface area contributed by atoms with Crippen LogP contribution in [-0.4, -0.2) is 29.2 Å². The largest absolute Gasteiger partial charge is 0.495 e. The number of rotatable bonds is 3. The first-order valence-corrected chi connectivity index (χ1v) is 8.70. The Balaban J connectivity index is 2.13. The van der Waals surface area contributed by atoms with E-state index in [4.69, 9.17) is 4.74 Å². The Morgan fingerprint density at radius 2 is 1.85 bits per heavy atom. The lowest BCUT2D eigenvalue weighted by molar-refractivity contribution is 0.0996. The van der Waals surface area contributed by atoms with Crippen LogP contribution in [0.25, 0.3) is 10.2 Å². The number of amides is 1. The van der Waals surface area contributed by atoms with Gasteiger partial charge in [0, 0.05) is 21.1 Å². The van der Waals surface area contributed by atoms with Gasteiger partial charge in [-0.15, -0.1) is 11.3 Å². The number of methoxy groups -OCH3 is 1. The molecule has 3 aromatic rings. The lowest BCUT2D eigenvalue weighted by Gasteiger charge is -2.19. The Bertz CT molecular complexity index is 1140. The molecular weight excluding hydrogens is 354 g/mol. The molecule has 8 heteroatoms. The number of aromatic nitrogens is 2. The molecule has 0 spiro atoms. The number of fused-ring (bicyclic) bond motifs is 1. The van der Waals surface area contributed by atoms with Crippen LogP contribution >= 0.6 is 11.3 Å². The quantitative estimate of drug-likeness (QED) is 0.703. The summed E-state index contributed by atoms with van der Waals surface area (Å²) in [5, 5.41) is 0.354. The van der Waals surface area contributed by atoms with Crippen LogP contribution in [0.4, 0.5) is 5.69 Å². The van der Waals surface area contributed by atoms with E-state index in [2.05, 4.69) is 0 Å². The third kappa shape index (κ3) is 2.72. The van der Waals surface area contributed by atoms with Crippen molar-refractivity contribution in [2.75, 3.05) is 19.1 Å². The monoisotopic (exact) mass is 373 g/mol. The lowest BCUT2D eigenvalue weighted by Crippen LogP contribution is -2.36. The number of nitrogens with zero attached hydrogens (tertiary/aromatic N) is 3. The van der Waals surface area contributed by atoms with Crippen molar-refractivity contribution in [3.8, 4) is 5.75 Å². The van der Waals surface area contributed by atoms with Gasteiger partial charge in [0.05, 0.1) is 23.1 Å². The topological polar surface area (TPSA) is 73.5 Å². The summed E-state index contributed by atoms with van der Waals surface area (Å²) in [4.78, 5) is 39.7. The molecule has 0 saturated heterocycles. The summed E-state index contributed by atoms with van der Waals surface area (Å²) in [7, 11) is 6.21. The van der Waals surface area contributed by atoms with Crippen molar-refractivity contribution in [2.45, 2.75) is 6.92 Å². The van der Waals surface area contributed by atoms with Crippen LogP contribution in [0.15, 0.2) is 33.9 Å². The van der Waals surface area contributed by atoms with Crippen molar-refractivity contribution >= 4 is 33.1 Å². The second-order valence-electron chi connectivity index (χ2n) is 6.07. The Hall–Kier alpha value is -2.87. The molecule has 0 bridgehead atoms. The number of hydrogen-bond donors (Lipinski definition) is 0. The van der Waals surface area contributed by atoms with Gasteiger partial charge < -0.3 is 9.64 Å². The Morgan fingerprint density at radius 3 is 2.50 bits per heavy atom. The number of aryl methyl sites for hydroxylation is 2. The number of thiophene rings is 1. The van der Waals surface area contributed by atoms with Crippen molar-refractivity contribution in [1.29, 1.82) is 0 Å². The number of carbonyl (C=O) groups excluding carboxylic acids is 1. The first-order chi connectivity index (χ1) is 12.3. The standard InChI is InChI=1S/C18H19N3O4S/c1-10-6-7-13(25-5)12(8-10)19(2)16(23)14-9-11-15(22)20(3)18(24)21(4)17(11)26-14/h6-9H,1-5H3. The van der Waals surface area contributed by atoms with Gasteiger partial charge in [-0.3, -0.25) is 18.7 Å². The highest BCUT2D eigenvalue weighted by Crippen LogP contribution is 2.31. The van der Waals surface area contributed by atoms with Crippen molar-refractivity contribution in [3.63, 3.8) is 0 Å². The molecule has 26 heavy (non-hydrogen) atoms. The van der Waals surface area contributed by atoms with Gasteiger partial charge in [-0.1, -0.05) is 6.07 Å². The molecule has 0 fully saturated rings. The predicted octanol–water partition coefficient (Wildman–Crippen LogP) is 1.89. The Morgan fingerprint density at radius 1 is 1.15 bits per heavy atom. The number of ether oxygens (including phenoxy) is 1. The van der Waals surface area contributed by atoms with Crippen LogP contribution in [0, 0.1) is 6.92 Å². The maximum absolute atomic E-state index is 13.0. The lowest BCUT2D eigenvalue weighted by atomic mass is 10.2. The SMILES string of the molecule is COc1ccc(C)cc1N(C)C(=O)c1cc2c(=O)n(C)c(=O)n(C)c2s1. The normalized spacial score (nSPS) is 11.0. The van der Waals surface area contributed by atoms with E-state index in [1.807, 2.05) is 19.1 Å². The fourth-order valence-electron chi connectivity index (χ4n) is 2.81. The molecule has 0 aliphatic heterocycles. The molecule has 3 rings (SSSR count). The molecule has 2 aromatic heterocycles. The van der Waals surface area contributed by atoms with Crippen molar-refractivity contribution in [3.05, 3.63) is 55.5 Å². The maximum Gasteiger partial charge on any atom is 0.331 e. The van der Waals surface area contributed by atoms with Gasteiger partial charge in [-0.05, 0) is 30.7 Å². The molecular formula is C18H19N3O4S. The molecule has 0 atom stereocenters. The summed E-state index contributed by atoms with van der Waals surface area (Å²) in [6.07, 6.45) is 0. The zero-order valence-corrected chi connectivity index (χ0v) is 16.0. The van der Waals surface area contributed by atoms with E-state index >= 15 is 0 Å².